The second-order valence-corrected chi connectivity index (χ2v) is 8.62. The van der Waals surface area contributed by atoms with E-state index in [2.05, 4.69) is 34.5 Å². The van der Waals surface area contributed by atoms with Crippen molar-refractivity contribution in [3.05, 3.63) is 35.4 Å². The lowest BCUT2D eigenvalue weighted by Crippen LogP contribution is -2.40. The molecule has 0 radical (unpaired) electrons. The summed E-state index contributed by atoms with van der Waals surface area (Å²) < 4.78 is 5.25. The van der Waals surface area contributed by atoms with Gasteiger partial charge in [-0.05, 0) is 57.8 Å². The van der Waals surface area contributed by atoms with Crippen LogP contribution in [0.2, 0.25) is 0 Å². The summed E-state index contributed by atoms with van der Waals surface area (Å²) in [6.07, 6.45) is 4.78. The molecule has 1 saturated heterocycles. The molecular weight excluding hydrogens is 354 g/mol. The molecule has 0 atom stereocenters. The van der Waals surface area contributed by atoms with E-state index in [4.69, 9.17) is 4.74 Å². The van der Waals surface area contributed by atoms with Crippen LogP contribution in [0.3, 0.4) is 0 Å². The molecule has 1 fully saturated rings. The third-order valence-electron chi connectivity index (χ3n) is 4.70. The van der Waals surface area contributed by atoms with Crippen LogP contribution >= 0.6 is 0 Å². The minimum absolute atomic E-state index is 0.0258. The van der Waals surface area contributed by atoms with Crippen LogP contribution < -0.4 is 5.32 Å². The monoisotopic (exact) mass is 389 g/mol. The van der Waals surface area contributed by atoms with Gasteiger partial charge in [0.15, 0.2) is 0 Å². The maximum atomic E-state index is 12.1. The molecule has 1 aromatic carbocycles. The van der Waals surface area contributed by atoms with Crippen LogP contribution in [0.25, 0.3) is 0 Å². The highest BCUT2D eigenvalue weighted by atomic mass is 16.6. The number of likely N-dealkylation sites (N-methyl/N-ethyl adjacent to an activating group) is 1. The lowest BCUT2D eigenvalue weighted by Gasteiger charge is -2.24. The van der Waals surface area contributed by atoms with Crippen molar-refractivity contribution in [1.82, 2.24) is 15.1 Å². The third kappa shape index (κ3) is 8.30. The summed E-state index contributed by atoms with van der Waals surface area (Å²) in [5.74, 6) is -0.206. The summed E-state index contributed by atoms with van der Waals surface area (Å²) in [4.78, 5) is 27.8. The van der Waals surface area contributed by atoms with Crippen LogP contribution in [0, 0.1) is 0 Å². The first-order valence-electron chi connectivity index (χ1n) is 10.2. The molecule has 0 saturated carbocycles. The zero-order valence-corrected chi connectivity index (χ0v) is 17.8. The number of ether oxygens (including phenoxy) is 1. The Bertz CT molecular complexity index is 629. The number of carbonyl (C=O) groups is 2. The van der Waals surface area contributed by atoms with Crippen LogP contribution in [0.15, 0.2) is 24.3 Å². The minimum Gasteiger partial charge on any atom is -0.444 e. The normalized spacial score (nSPS) is 15.6. The Morgan fingerprint density at radius 2 is 1.61 bits per heavy atom. The number of likely N-dealkylation sites (tertiary alicyclic amines) is 1. The van der Waals surface area contributed by atoms with Crippen molar-refractivity contribution in [1.29, 1.82) is 0 Å². The summed E-state index contributed by atoms with van der Waals surface area (Å²) in [5, 5.41) is 2.86. The zero-order valence-electron chi connectivity index (χ0n) is 17.8. The molecule has 0 aliphatic carbocycles. The highest BCUT2D eigenvalue weighted by Gasteiger charge is 2.21. The third-order valence-corrected chi connectivity index (χ3v) is 4.70. The van der Waals surface area contributed by atoms with Crippen molar-refractivity contribution in [3.63, 3.8) is 0 Å². The van der Waals surface area contributed by atoms with E-state index in [1.54, 1.807) is 27.8 Å². The molecule has 6 heteroatoms. The van der Waals surface area contributed by atoms with E-state index in [1.165, 1.54) is 49.2 Å². The molecule has 0 spiro atoms. The molecule has 0 aromatic heterocycles. The highest BCUT2D eigenvalue weighted by molar-refractivity contribution is 5.82. The fourth-order valence-electron chi connectivity index (χ4n) is 3.19. The van der Waals surface area contributed by atoms with E-state index >= 15 is 0 Å². The first-order valence-corrected chi connectivity index (χ1v) is 10.2. The largest absolute Gasteiger partial charge is 0.444 e. The lowest BCUT2D eigenvalue weighted by atomic mass is 10.1. The molecule has 1 aliphatic heterocycles. The Kier molecular flexibility index (Phi) is 8.30. The second-order valence-electron chi connectivity index (χ2n) is 8.62. The number of nitrogens with one attached hydrogen (secondary N) is 1. The fraction of sp³-hybridized carbons (Fsp3) is 0.636. The highest BCUT2D eigenvalue weighted by Crippen LogP contribution is 2.14. The van der Waals surface area contributed by atoms with Gasteiger partial charge in [-0.15, -0.1) is 0 Å². The first-order chi connectivity index (χ1) is 13.2. The van der Waals surface area contributed by atoms with Crippen LogP contribution in [0.4, 0.5) is 4.79 Å². The molecule has 0 unspecified atom stereocenters. The van der Waals surface area contributed by atoms with Gasteiger partial charge in [-0.25, -0.2) is 4.79 Å². The Balaban J connectivity index is 1.74. The molecule has 156 valence electrons. The maximum Gasteiger partial charge on any atom is 0.410 e. The smallest absolute Gasteiger partial charge is 0.410 e. The molecule has 1 aromatic rings. The second kappa shape index (κ2) is 10.5. The number of hydrogen-bond acceptors (Lipinski definition) is 4. The molecule has 0 bridgehead atoms. The number of hydrogen-bond donors (Lipinski definition) is 1. The van der Waals surface area contributed by atoms with Gasteiger partial charge in [-0.3, -0.25) is 9.69 Å². The van der Waals surface area contributed by atoms with Crippen molar-refractivity contribution < 1.29 is 14.3 Å². The summed E-state index contributed by atoms with van der Waals surface area (Å²) in [5.41, 5.74) is 1.78. The van der Waals surface area contributed by atoms with Gasteiger partial charge in [0.25, 0.3) is 0 Å². The van der Waals surface area contributed by atoms with Gasteiger partial charge in [-0.2, -0.15) is 0 Å². The van der Waals surface area contributed by atoms with E-state index in [0.29, 0.717) is 6.54 Å². The van der Waals surface area contributed by atoms with E-state index in [0.717, 1.165) is 12.1 Å². The first kappa shape index (κ1) is 22.2. The predicted octanol–water partition coefficient (Wildman–Crippen LogP) is 3.55. The van der Waals surface area contributed by atoms with Crippen molar-refractivity contribution >= 4 is 12.0 Å². The Morgan fingerprint density at radius 3 is 2.18 bits per heavy atom. The minimum atomic E-state index is -0.573. The maximum absolute atomic E-state index is 12.1. The van der Waals surface area contributed by atoms with Crippen LogP contribution in [-0.2, 0) is 22.6 Å². The topological polar surface area (TPSA) is 61.9 Å². The number of benzene rings is 1. The van der Waals surface area contributed by atoms with Gasteiger partial charge in [0, 0.05) is 20.1 Å². The Morgan fingerprint density at radius 1 is 1.04 bits per heavy atom. The van der Waals surface area contributed by atoms with E-state index in [9.17, 15) is 9.59 Å². The molecule has 1 aliphatic rings. The van der Waals surface area contributed by atoms with Crippen molar-refractivity contribution in [3.8, 4) is 0 Å². The van der Waals surface area contributed by atoms with E-state index < -0.39 is 11.7 Å². The number of amides is 2. The summed E-state index contributed by atoms with van der Waals surface area (Å²) in [7, 11) is 1.56. The van der Waals surface area contributed by atoms with Crippen molar-refractivity contribution in [2.45, 2.75) is 65.1 Å². The van der Waals surface area contributed by atoms with Crippen molar-refractivity contribution in [2.24, 2.45) is 0 Å². The predicted molar refractivity (Wildman–Crippen MR) is 111 cm³/mol. The molecule has 1 N–H and O–H groups in total. The van der Waals surface area contributed by atoms with Gasteiger partial charge >= 0.3 is 6.09 Å². The molecule has 6 nitrogen and oxygen atoms in total. The SMILES string of the molecule is CN(CC(=O)NCc1ccc(CN2CCCCCC2)cc1)C(=O)OC(C)(C)C. The van der Waals surface area contributed by atoms with Gasteiger partial charge in [0.2, 0.25) is 5.91 Å². The lowest BCUT2D eigenvalue weighted by molar-refractivity contribution is -0.122. The number of carbonyl (C=O) groups excluding carboxylic acids is 2. The standard InChI is InChI=1S/C22H35N3O3/c1-22(2,3)28-21(27)24(4)17-20(26)23-15-18-9-11-19(12-10-18)16-25-13-7-5-6-8-14-25/h9-12H,5-8,13-17H2,1-4H3,(H,23,26). The van der Waals surface area contributed by atoms with Gasteiger partial charge in [0.1, 0.15) is 12.1 Å². The van der Waals surface area contributed by atoms with E-state index in [1.807, 2.05) is 0 Å². The Hall–Kier alpha value is -2.08. The molecular formula is C22H35N3O3. The van der Waals surface area contributed by atoms with Gasteiger partial charge in [0.05, 0.1) is 0 Å². The fourth-order valence-corrected chi connectivity index (χ4v) is 3.19. The summed E-state index contributed by atoms with van der Waals surface area (Å²) >= 11 is 0. The van der Waals surface area contributed by atoms with Crippen molar-refractivity contribution in [2.75, 3.05) is 26.7 Å². The average molecular weight is 390 g/mol. The molecule has 28 heavy (non-hydrogen) atoms. The Labute approximate surface area is 169 Å². The average Bonchev–Trinajstić information content (AvgIpc) is 2.88. The van der Waals surface area contributed by atoms with E-state index in [-0.39, 0.29) is 12.5 Å². The molecule has 2 amide bonds. The molecule has 2 rings (SSSR count). The number of rotatable bonds is 6. The zero-order chi connectivity index (χ0) is 20.6. The van der Waals surface area contributed by atoms with Gasteiger partial charge < -0.3 is 15.0 Å². The quantitative estimate of drug-likeness (QED) is 0.808. The van der Waals surface area contributed by atoms with Crippen LogP contribution in [0.5, 0.6) is 0 Å². The van der Waals surface area contributed by atoms with Crippen LogP contribution in [0.1, 0.15) is 57.6 Å². The summed E-state index contributed by atoms with van der Waals surface area (Å²) in [6.45, 7) is 9.19. The van der Waals surface area contributed by atoms with Gasteiger partial charge in [-0.1, -0.05) is 37.1 Å². The van der Waals surface area contributed by atoms with Crippen LogP contribution in [-0.4, -0.2) is 54.1 Å². The molecule has 1 heterocycles. The summed E-state index contributed by atoms with van der Waals surface area (Å²) in [6, 6.07) is 8.40. The number of nitrogens with zero attached hydrogens (tertiary/aromatic N) is 2.